The third-order valence-corrected chi connectivity index (χ3v) is 4.75. The first-order valence-corrected chi connectivity index (χ1v) is 8.24. The number of nitrogens with zero attached hydrogens (tertiary/aromatic N) is 3. The standard InChI is InChI=1S/C19H17F2N3O/c1-12(25)18-10-22-19-7-5-14(11-24(18)19)23-8-2-3-17(23)15-9-13(20)4-6-16(15)21/h4-7,9-11,17H,2-3,8H2,1H3/t17-/m1/s1. The highest BCUT2D eigenvalue weighted by molar-refractivity contribution is 5.93. The van der Waals surface area contributed by atoms with Gasteiger partial charge in [-0.1, -0.05) is 0 Å². The minimum atomic E-state index is -0.438. The Morgan fingerprint density at radius 2 is 2.08 bits per heavy atom. The van der Waals surface area contributed by atoms with E-state index >= 15 is 0 Å². The second-order valence-electron chi connectivity index (χ2n) is 6.33. The summed E-state index contributed by atoms with van der Waals surface area (Å²) in [5.74, 6) is -0.905. The second kappa shape index (κ2) is 5.95. The summed E-state index contributed by atoms with van der Waals surface area (Å²) in [5.41, 5.74) is 2.42. The highest BCUT2D eigenvalue weighted by atomic mass is 19.1. The van der Waals surface area contributed by atoms with E-state index in [0.29, 0.717) is 16.9 Å². The Morgan fingerprint density at radius 1 is 1.24 bits per heavy atom. The summed E-state index contributed by atoms with van der Waals surface area (Å²) in [7, 11) is 0. The molecule has 1 aliphatic heterocycles. The first-order chi connectivity index (χ1) is 12.0. The maximum Gasteiger partial charge on any atom is 0.178 e. The van der Waals surface area contributed by atoms with Gasteiger partial charge in [-0.15, -0.1) is 0 Å². The summed E-state index contributed by atoms with van der Waals surface area (Å²) in [6.45, 7) is 2.24. The van der Waals surface area contributed by atoms with Gasteiger partial charge >= 0.3 is 0 Å². The Balaban J connectivity index is 1.77. The van der Waals surface area contributed by atoms with Gasteiger partial charge in [0.2, 0.25) is 0 Å². The zero-order chi connectivity index (χ0) is 17.6. The fraction of sp³-hybridized carbons (Fsp3) is 0.263. The van der Waals surface area contributed by atoms with Crippen molar-refractivity contribution in [3.63, 3.8) is 0 Å². The van der Waals surface area contributed by atoms with Gasteiger partial charge in [0.15, 0.2) is 5.78 Å². The number of Topliss-reactive ketones (excluding diaryl/α,β-unsaturated/α-hetero) is 1. The van der Waals surface area contributed by atoms with Gasteiger partial charge in [0, 0.05) is 25.2 Å². The van der Waals surface area contributed by atoms with E-state index in [2.05, 4.69) is 9.88 Å². The number of halogens is 2. The molecule has 1 aromatic carbocycles. The van der Waals surface area contributed by atoms with E-state index in [-0.39, 0.29) is 11.8 Å². The summed E-state index contributed by atoms with van der Waals surface area (Å²) in [6, 6.07) is 7.09. The Hall–Kier alpha value is -2.76. The van der Waals surface area contributed by atoms with Crippen LogP contribution in [0.4, 0.5) is 14.5 Å². The number of hydrogen-bond donors (Lipinski definition) is 0. The molecule has 3 aromatic rings. The lowest BCUT2D eigenvalue weighted by Crippen LogP contribution is -2.23. The van der Waals surface area contributed by atoms with E-state index in [1.807, 2.05) is 18.3 Å². The van der Waals surface area contributed by atoms with Gasteiger partial charge in [-0.05, 0) is 43.2 Å². The summed E-state index contributed by atoms with van der Waals surface area (Å²) in [5, 5.41) is 0. The lowest BCUT2D eigenvalue weighted by Gasteiger charge is -2.27. The molecule has 4 rings (SSSR count). The lowest BCUT2D eigenvalue weighted by molar-refractivity contribution is 0.101. The van der Waals surface area contributed by atoms with E-state index < -0.39 is 11.6 Å². The molecule has 25 heavy (non-hydrogen) atoms. The van der Waals surface area contributed by atoms with Gasteiger partial charge in [0.1, 0.15) is 23.0 Å². The molecular formula is C19H17F2N3O. The number of aromatic nitrogens is 2. The largest absolute Gasteiger partial charge is 0.363 e. The smallest absolute Gasteiger partial charge is 0.178 e. The molecule has 128 valence electrons. The second-order valence-corrected chi connectivity index (χ2v) is 6.33. The molecule has 1 fully saturated rings. The number of imidazole rings is 1. The first kappa shape index (κ1) is 15.7. The summed E-state index contributed by atoms with van der Waals surface area (Å²) in [4.78, 5) is 18.0. The van der Waals surface area contributed by atoms with Gasteiger partial charge in [-0.2, -0.15) is 0 Å². The normalized spacial score (nSPS) is 17.4. The Morgan fingerprint density at radius 3 is 2.88 bits per heavy atom. The van der Waals surface area contributed by atoms with Gasteiger partial charge < -0.3 is 4.90 Å². The average molecular weight is 341 g/mol. The average Bonchev–Trinajstić information content (AvgIpc) is 3.22. The molecule has 0 bridgehead atoms. The number of pyridine rings is 1. The van der Waals surface area contributed by atoms with Crippen molar-refractivity contribution in [3.05, 3.63) is 65.6 Å². The van der Waals surface area contributed by atoms with Crippen LogP contribution in [0, 0.1) is 11.6 Å². The number of carbonyl (C=O) groups excluding carboxylic acids is 1. The molecule has 0 N–H and O–H groups in total. The molecule has 6 heteroatoms. The number of carbonyl (C=O) groups is 1. The number of rotatable bonds is 3. The molecule has 0 aliphatic carbocycles. The number of anilines is 1. The van der Waals surface area contributed by atoms with Crippen LogP contribution in [0.25, 0.3) is 5.65 Å². The fourth-order valence-corrected chi connectivity index (χ4v) is 3.57. The molecule has 0 amide bonds. The van der Waals surface area contributed by atoms with Crippen LogP contribution >= 0.6 is 0 Å². The third kappa shape index (κ3) is 2.67. The molecule has 0 spiro atoms. The number of ketones is 1. The highest BCUT2D eigenvalue weighted by Crippen LogP contribution is 2.37. The number of hydrogen-bond acceptors (Lipinski definition) is 3. The van der Waals surface area contributed by atoms with Crippen molar-refractivity contribution in [2.75, 3.05) is 11.4 Å². The minimum Gasteiger partial charge on any atom is -0.363 e. The molecule has 0 radical (unpaired) electrons. The zero-order valence-electron chi connectivity index (χ0n) is 13.7. The maximum atomic E-state index is 14.2. The third-order valence-electron chi connectivity index (χ3n) is 4.75. The monoisotopic (exact) mass is 341 g/mol. The summed E-state index contributed by atoms with van der Waals surface area (Å²) >= 11 is 0. The molecule has 2 aromatic heterocycles. The van der Waals surface area contributed by atoms with Crippen molar-refractivity contribution in [3.8, 4) is 0 Å². The number of fused-ring (bicyclic) bond motifs is 1. The van der Waals surface area contributed by atoms with Crippen LogP contribution in [-0.2, 0) is 0 Å². The first-order valence-electron chi connectivity index (χ1n) is 8.24. The van der Waals surface area contributed by atoms with Crippen LogP contribution in [0.1, 0.15) is 41.9 Å². The number of benzene rings is 1. The Labute approximate surface area is 143 Å². The van der Waals surface area contributed by atoms with Crippen molar-refractivity contribution in [1.82, 2.24) is 9.38 Å². The van der Waals surface area contributed by atoms with Crippen LogP contribution in [0.15, 0.2) is 42.7 Å². The van der Waals surface area contributed by atoms with Crippen LogP contribution in [-0.4, -0.2) is 21.7 Å². The van der Waals surface area contributed by atoms with Crippen molar-refractivity contribution in [2.24, 2.45) is 0 Å². The van der Waals surface area contributed by atoms with E-state index in [4.69, 9.17) is 0 Å². The van der Waals surface area contributed by atoms with Crippen molar-refractivity contribution >= 4 is 17.1 Å². The van der Waals surface area contributed by atoms with Crippen molar-refractivity contribution in [2.45, 2.75) is 25.8 Å². The fourth-order valence-electron chi connectivity index (χ4n) is 3.57. The van der Waals surface area contributed by atoms with Gasteiger partial charge in [-0.3, -0.25) is 9.20 Å². The van der Waals surface area contributed by atoms with Crippen molar-refractivity contribution < 1.29 is 13.6 Å². The zero-order valence-corrected chi connectivity index (χ0v) is 13.7. The van der Waals surface area contributed by atoms with E-state index in [0.717, 1.165) is 31.1 Å². The molecule has 1 saturated heterocycles. The summed E-state index contributed by atoms with van der Waals surface area (Å²) in [6.07, 6.45) is 5.04. The molecule has 3 heterocycles. The maximum absolute atomic E-state index is 14.2. The minimum absolute atomic E-state index is 0.0706. The van der Waals surface area contributed by atoms with Crippen LogP contribution < -0.4 is 4.90 Å². The van der Waals surface area contributed by atoms with E-state index in [1.165, 1.54) is 19.1 Å². The Kier molecular flexibility index (Phi) is 3.75. The lowest BCUT2D eigenvalue weighted by atomic mass is 10.0. The van der Waals surface area contributed by atoms with Crippen LogP contribution in [0.2, 0.25) is 0 Å². The molecule has 1 aliphatic rings. The molecule has 0 unspecified atom stereocenters. The van der Waals surface area contributed by atoms with E-state index in [1.54, 1.807) is 10.6 Å². The highest BCUT2D eigenvalue weighted by Gasteiger charge is 2.29. The molecule has 4 nitrogen and oxygen atoms in total. The van der Waals surface area contributed by atoms with E-state index in [9.17, 15) is 13.6 Å². The van der Waals surface area contributed by atoms with Gasteiger partial charge in [0.25, 0.3) is 0 Å². The SMILES string of the molecule is CC(=O)c1cnc2ccc(N3CCC[C@@H]3c3cc(F)ccc3F)cn12. The van der Waals surface area contributed by atoms with Gasteiger partial charge in [-0.25, -0.2) is 13.8 Å². The predicted molar refractivity (Wildman–Crippen MR) is 90.9 cm³/mol. The molecular weight excluding hydrogens is 324 g/mol. The van der Waals surface area contributed by atoms with Crippen LogP contribution in [0.5, 0.6) is 0 Å². The predicted octanol–water partition coefficient (Wildman–Crippen LogP) is 4.16. The van der Waals surface area contributed by atoms with Gasteiger partial charge in [0.05, 0.1) is 17.9 Å². The summed E-state index contributed by atoms with van der Waals surface area (Å²) < 4.78 is 29.6. The Bertz CT molecular complexity index is 966. The van der Waals surface area contributed by atoms with Crippen LogP contribution in [0.3, 0.4) is 0 Å². The quantitative estimate of drug-likeness (QED) is 0.672. The molecule has 1 atom stereocenters. The van der Waals surface area contributed by atoms with Crippen molar-refractivity contribution in [1.29, 1.82) is 0 Å². The molecule has 0 saturated carbocycles. The topological polar surface area (TPSA) is 37.6 Å².